The van der Waals surface area contributed by atoms with Crippen LogP contribution in [0.1, 0.15) is 65.7 Å². The van der Waals surface area contributed by atoms with Crippen LogP contribution in [0.4, 0.5) is 15.9 Å². The number of hydrogen-bond acceptors (Lipinski definition) is 10. The van der Waals surface area contributed by atoms with Gasteiger partial charge in [0.15, 0.2) is 0 Å². The average Bonchev–Trinajstić information content (AvgIpc) is 3.68. The molecule has 3 aliphatic heterocycles. The van der Waals surface area contributed by atoms with Gasteiger partial charge in [-0.25, -0.2) is 4.39 Å². The van der Waals surface area contributed by atoms with E-state index in [1.54, 1.807) is 6.26 Å². The maximum Gasteiger partial charge on any atom is 0.318 e. The zero-order valence-corrected chi connectivity index (χ0v) is 23.2. The van der Waals surface area contributed by atoms with Crippen molar-refractivity contribution in [3.63, 3.8) is 0 Å². The molecule has 4 aliphatic rings. The lowest BCUT2D eigenvalue weighted by Gasteiger charge is -2.43. The number of hydrogen-bond donors (Lipinski definition) is 1. The first kappa shape index (κ1) is 26.2. The summed E-state index contributed by atoms with van der Waals surface area (Å²) >= 11 is 0. The zero-order valence-electron chi connectivity index (χ0n) is 23.2. The van der Waals surface area contributed by atoms with Crippen LogP contribution in [0.5, 0.6) is 6.01 Å². The predicted molar refractivity (Wildman–Crippen MR) is 148 cm³/mol. The van der Waals surface area contributed by atoms with Crippen LogP contribution in [-0.2, 0) is 36.3 Å². The van der Waals surface area contributed by atoms with Gasteiger partial charge in [-0.1, -0.05) is 11.2 Å². The summed E-state index contributed by atoms with van der Waals surface area (Å²) in [5, 5.41) is 14.1. The summed E-state index contributed by atoms with van der Waals surface area (Å²) in [6.07, 6.45) is 6.18. The molecule has 1 aliphatic carbocycles. The lowest BCUT2D eigenvalue weighted by Crippen LogP contribution is -2.44. The van der Waals surface area contributed by atoms with Crippen LogP contribution in [0.2, 0.25) is 0 Å². The topological polar surface area (TPSA) is 127 Å². The van der Waals surface area contributed by atoms with Gasteiger partial charge in [-0.2, -0.15) is 15.2 Å². The third-order valence-corrected chi connectivity index (χ3v) is 9.40. The number of nitrogens with two attached hydrogens (primary N) is 1. The fourth-order valence-corrected chi connectivity index (χ4v) is 7.51. The molecule has 11 heteroatoms. The van der Waals surface area contributed by atoms with Crippen LogP contribution in [-0.4, -0.2) is 58.5 Å². The molecule has 41 heavy (non-hydrogen) atoms. The van der Waals surface area contributed by atoms with E-state index in [2.05, 4.69) is 16.1 Å². The Balaban J connectivity index is 1.26. The standard InChI is InChI=1S/C30H34FN7O3/c1-37(16-21-7-11-41-36-21)27-23-17-40-30(9-2-4-19-5-6-24(33)22(14-32)26(19)30)13-25(23)34-28(35-27)39-18-29-8-3-10-38(29)15-20(31)12-29/h5-7,11,20H,2-4,8-10,12-13,15-18,33H2,1H3. The van der Waals surface area contributed by atoms with Gasteiger partial charge in [0.2, 0.25) is 0 Å². The van der Waals surface area contributed by atoms with Gasteiger partial charge in [0.1, 0.15) is 42.2 Å². The number of benzene rings is 1. The number of fused-ring (bicyclic) bond motifs is 4. The minimum atomic E-state index is -0.836. The lowest BCUT2D eigenvalue weighted by atomic mass is 9.72. The lowest BCUT2D eigenvalue weighted by molar-refractivity contribution is -0.0857. The number of nitrogen functional groups attached to an aromatic ring is 1. The molecular formula is C30H34FN7O3. The summed E-state index contributed by atoms with van der Waals surface area (Å²) in [5.41, 5.74) is 10.7. The summed E-state index contributed by atoms with van der Waals surface area (Å²) in [6, 6.07) is 8.26. The molecular weight excluding hydrogens is 525 g/mol. The van der Waals surface area contributed by atoms with Gasteiger partial charge >= 0.3 is 6.01 Å². The van der Waals surface area contributed by atoms with Crippen molar-refractivity contribution in [1.82, 2.24) is 20.0 Å². The summed E-state index contributed by atoms with van der Waals surface area (Å²) in [4.78, 5) is 14.0. The van der Waals surface area contributed by atoms with Crippen molar-refractivity contribution in [1.29, 1.82) is 5.26 Å². The molecule has 2 saturated heterocycles. The number of ether oxygens (including phenoxy) is 2. The van der Waals surface area contributed by atoms with Crippen LogP contribution in [0.25, 0.3) is 0 Å². The van der Waals surface area contributed by atoms with Gasteiger partial charge in [-0.05, 0) is 50.3 Å². The van der Waals surface area contributed by atoms with Crippen molar-refractivity contribution in [2.75, 3.05) is 37.4 Å². The molecule has 10 nitrogen and oxygen atoms in total. The molecule has 0 amide bonds. The predicted octanol–water partition coefficient (Wildman–Crippen LogP) is 3.81. The Hall–Kier alpha value is -3.75. The number of anilines is 2. The largest absolute Gasteiger partial charge is 0.461 e. The number of nitriles is 1. The molecule has 2 N–H and O–H groups in total. The highest BCUT2D eigenvalue weighted by Gasteiger charge is 2.50. The van der Waals surface area contributed by atoms with Crippen molar-refractivity contribution < 1.29 is 18.4 Å². The quantitative estimate of drug-likeness (QED) is 0.446. The second kappa shape index (κ2) is 9.96. The van der Waals surface area contributed by atoms with Crippen LogP contribution >= 0.6 is 0 Å². The number of alkyl halides is 1. The molecule has 1 spiro atoms. The Morgan fingerprint density at radius 1 is 1.27 bits per heavy atom. The van der Waals surface area contributed by atoms with E-state index in [1.807, 2.05) is 30.1 Å². The highest BCUT2D eigenvalue weighted by Crippen LogP contribution is 2.48. The van der Waals surface area contributed by atoms with Crippen molar-refractivity contribution in [2.24, 2.45) is 0 Å². The fourth-order valence-electron chi connectivity index (χ4n) is 7.51. The third kappa shape index (κ3) is 4.41. The highest BCUT2D eigenvalue weighted by molar-refractivity contribution is 5.63. The molecule has 2 aromatic heterocycles. The van der Waals surface area contributed by atoms with E-state index in [-0.39, 0.29) is 18.2 Å². The second-order valence-corrected chi connectivity index (χ2v) is 12.0. The van der Waals surface area contributed by atoms with Crippen molar-refractivity contribution in [3.05, 3.63) is 58.1 Å². The van der Waals surface area contributed by atoms with Gasteiger partial charge in [0.25, 0.3) is 0 Å². The molecule has 3 unspecified atom stereocenters. The Morgan fingerprint density at radius 3 is 3.00 bits per heavy atom. The summed E-state index contributed by atoms with van der Waals surface area (Å²) in [5.74, 6) is 0.697. The van der Waals surface area contributed by atoms with Crippen LogP contribution in [0.15, 0.2) is 29.0 Å². The number of aryl methyl sites for hydroxylation is 1. The van der Waals surface area contributed by atoms with E-state index in [0.717, 1.165) is 66.7 Å². The number of rotatable bonds is 6. The average molecular weight is 560 g/mol. The van der Waals surface area contributed by atoms with E-state index in [9.17, 15) is 9.65 Å². The minimum absolute atomic E-state index is 0.274. The zero-order chi connectivity index (χ0) is 28.2. The second-order valence-electron chi connectivity index (χ2n) is 12.0. The molecule has 5 heterocycles. The summed E-state index contributed by atoms with van der Waals surface area (Å²) < 4.78 is 32.5. The van der Waals surface area contributed by atoms with Gasteiger partial charge < -0.3 is 24.6 Å². The number of aromatic nitrogens is 3. The van der Waals surface area contributed by atoms with Crippen LogP contribution < -0.4 is 15.4 Å². The van der Waals surface area contributed by atoms with E-state index in [1.165, 1.54) is 0 Å². The maximum absolute atomic E-state index is 14.4. The number of nitrogens with zero attached hydrogens (tertiary/aromatic N) is 6. The molecule has 7 rings (SSSR count). The summed E-state index contributed by atoms with van der Waals surface area (Å²) in [7, 11) is 1.94. The molecule has 3 aromatic rings. The minimum Gasteiger partial charge on any atom is -0.461 e. The highest BCUT2D eigenvalue weighted by atomic mass is 19.1. The Morgan fingerprint density at radius 2 is 2.17 bits per heavy atom. The van der Waals surface area contributed by atoms with E-state index in [0.29, 0.717) is 49.6 Å². The maximum atomic E-state index is 14.4. The van der Waals surface area contributed by atoms with E-state index >= 15 is 0 Å². The fraction of sp³-hybridized carbons (Fsp3) is 0.533. The normalized spacial score (nSPS) is 26.8. The molecule has 0 radical (unpaired) electrons. The van der Waals surface area contributed by atoms with Gasteiger partial charge in [-0.15, -0.1) is 0 Å². The smallest absolute Gasteiger partial charge is 0.318 e. The number of halogens is 1. The Bertz CT molecular complexity index is 1510. The van der Waals surface area contributed by atoms with E-state index in [4.69, 9.17) is 29.7 Å². The first-order valence-electron chi connectivity index (χ1n) is 14.4. The van der Waals surface area contributed by atoms with Gasteiger partial charge in [0, 0.05) is 49.3 Å². The summed E-state index contributed by atoms with van der Waals surface area (Å²) in [6.45, 7) is 2.46. The van der Waals surface area contributed by atoms with E-state index < -0.39 is 11.8 Å². The van der Waals surface area contributed by atoms with Gasteiger partial charge in [-0.3, -0.25) is 4.90 Å². The Kier molecular flexibility index (Phi) is 6.36. The molecule has 0 bridgehead atoms. The molecule has 3 atom stereocenters. The molecule has 0 saturated carbocycles. The van der Waals surface area contributed by atoms with Crippen LogP contribution in [0.3, 0.4) is 0 Å². The van der Waals surface area contributed by atoms with Crippen molar-refractivity contribution >= 4 is 11.5 Å². The SMILES string of the molecule is CN(Cc1ccon1)c1nc(OCC23CCCN2CC(F)C3)nc2c1COC1(CCCc3ccc(N)c(C#N)c31)C2. The molecule has 214 valence electrons. The molecule has 1 aromatic carbocycles. The first-order chi connectivity index (χ1) is 19.9. The van der Waals surface area contributed by atoms with Crippen LogP contribution in [0, 0.1) is 11.3 Å². The van der Waals surface area contributed by atoms with Crippen molar-refractivity contribution in [2.45, 2.75) is 75.4 Å². The Labute approximate surface area is 238 Å². The monoisotopic (exact) mass is 559 g/mol. The van der Waals surface area contributed by atoms with Crippen molar-refractivity contribution in [3.8, 4) is 12.1 Å². The van der Waals surface area contributed by atoms with Gasteiger partial charge in [0.05, 0.1) is 29.9 Å². The first-order valence-corrected chi connectivity index (χ1v) is 14.4. The molecule has 2 fully saturated rings. The third-order valence-electron chi connectivity index (χ3n) is 9.40.